The Bertz CT molecular complexity index is 165. The lowest BCUT2D eigenvalue weighted by Crippen LogP contribution is -2.25. The van der Waals surface area contributed by atoms with E-state index in [1.165, 1.54) is 0 Å². The summed E-state index contributed by atoms with van der Waals surface area (Å²) in [5.41, 5.74) is 0. The first kappa shape index (κ1) is 7.25. The summed E-state index contributed by atoms with van der Waals surface area (Å²) in [6.45, 7) is 0.727. The molecule has 3 heteroatoms. The molecule has 56 valence electrons. The zero-order valence-corrected chi connectivity index (χ0v) is 6.09. The molecule has 1 fully saturated rings. The van der Waals surface area contributed by atoms with Crippen molar-refractivity contribution in [1.29, 1.82) is 0 Å². The summed E-state index contributed by atoms with van der Waals surface area (Å²) in [5.74, 6) is 0.0388. The number of Topliss-reactive ketones (excluding diaryl/α,β-unsaturated/α-hetero) is 1. The Kier molecular flexibility index (Phi) is 2.04. The first-order chi connectivity index (χ1) is 4.70. The van der Waals surface area contributed by atoms with Crippen molar-refractivity contribution in [2.45, 2.75) is 19.3 Å². The highest BCUT2D eigenvalue weighted by Crippen LogP contribution is 2.05. The van der Waals surface area contributed by atoms with Crippen molar-refractivity contribution in [3.63, 3.8) is 0 Å². The van der Waals surface area contributed by atoms with Crippen LogP contribution in [-0.4, -0.2) is 30.2 Å². The second kappa shape index (κ2) is 2.82. The molecule has 1 saturated heterocycles. The number of hydrogen-bond donors (Lipinski definition) is 0. The van der Waals surface area contributed by atoms with Crippen LogP contribution in [0.15, 0.2) is 0 Å². The van der Waals surface area contributed by atoms with Crippen molar-refractivity contribution < 1.29 is 9.59 Å². The molecule has 0 radical (unpaired) electrons. The lowest BCUT2D eigenvalue weighted by molar-refractivity contribution is -0.132. The molecule has 1 rings (SSSR count). The molecule has 0 unspecified atom stereocenters. The van der Waals surface area contributed by atoms with Crippen molar-refractivity contribution >= 4 is 11.7 Å². The van der Waals surface area contributed by atoms with Gasteiger partial charge in [-0.25, -0.2) is 0 Å². The van der Waals surface area contributed by atoms with Gasteiger partial charge in [-0.1, -0.05) is 0 Å². The van der Waals surface area contributed by atoms with Crippen LogP contribution in [0.25, 0.3) is 0 Å². The van der Waals surface area contributed by atoms with E-state index in [2.05, 4.69) is 0 Å². The minimum atomic E-state index is -0.0394. The van der Waals surface area contributed by atoms with Gasteiger partial charge < -0.3 is 4.90 Å². The third kappa shape index (κ3) is 1.56. The minimum absolute atomic E-state index is 0.0394. The molecule has 0 aromatic rings. The number of carbonyl (C=O) groups excluding carboxylic acids is 2. The molecule has 0 aliphatic carbocycles. The SMILES string of the molecule is CN1CCCC(=O)CC1=O. The predicted molar refractivity (Wildman–Crippen MR) is 36.5 cm³/mol. The maximum absolute atomic E-state index is 10.9. The highest BCUT2D eigenvalue weighted by Gasteiger charge is 2.17. The van der Waals surface area contributed by atoms with Gasteiger partial charge in [-0.05, 0) is 6.42 Å². The van der Waals surface area contributed by atoms with Crippen molar-refractivity contribution in [2.75, 3.05) is 13.6 Å². The van der Waals surface area contributed by atoms with Gasteiger partial charge in [0.05, 0.1) is 6.42 Å². The number of likely N-dealkylation sites (tertiary alicyclic amines) is 1. The van der Waals surface area contributed by atoms with Crippen LogP contribution in [-0.2, 0) is 9.59 Å². The van der Waals surface area contributed by atoms with E-state index in [-0.39, 0.29) is 18.1 Å². The van der Waals surface area contributed by atoms with Crippen LogP contribution in [0.5, 0.6) is 0 Å². The van der Waals surface area contributed by atoms with Crippen LogP contribution in [0.3, 0.4) is 0 Å². The number of carbonyl (C=O) groups is 2. The van der Waals surface area contributed by atoms with Gasteiger partial charge in [-0.3, -0.25) is 9.59 Å². The summed E-state index contributed by atoms with van der Waals surface area (Å²) >= 11 is 0. The van der Waals surface area contributed by atoms with E-state index in [0.29, 0.717) is 6.42 Å². The topological polar surface area (TPSA) is 37.4 Å². The molecule has 0 aromatic heterocycles. The zero-order chi connectivity index (χ0) is 7.56. The molecule has 0 spiro atoms. The number of hydrogen-bond acceptors (Lipinski definition) is 2. The van der Waals surface area contributed by atoms with Crippen LogP contribution in [0.4, 0.5) is 0 Å². The highest BCUT2D eigenvalue weighted by atomic mass is 16.2. The largest absolute Gasteiger partial charge is 0.345 e. The smallest absolute Gasteiger partial charge is 0.229 e. The molecular formula is C7H11NO2. The summed E-state index contributed by atoms with van der Waals surface area (Å²) in [5, 5.41) is 0. The second-order valence-corrected chi connectivity index (χ2v) is 2.63. The third-order valence-corrected chi connectivity index (χ3v) is 1.72. The lowest BCUT2D eigenvalue weighted by Gasteiger charge is -2.11. The monoisotopic (exact) mass is 141 g/mol. The van der Waals surface area contributed by atoms with Gasteiger partial charge in [-0.15, -0.1) is 0 Å². The van der Waals surface area contributed by atoms with E-state index in [9.17, 15) is 9.59 Å². The molecular weight excluding hydrogens is 130 g/mol. The fourth-order valence-corrected chi connectivity index (χ4v) is 1.03. The average molecular weight is 141 g/mol. The molecule has 3 nitrogen and oxygen atoms in total. The maximum atomic E-state index is 10.9. The van der Waals surface area contributed by atoms with Crippen molar-refractivity contribution in [3.05, 3.63) is 0 Å². The Hall–Kier alpha value is -0.860. The first-order valence-corrected chi connectivity index (χ1v) is 3.46. The van der Waals surface area contributed by atoms with Crippen molar-refractivity contribution in [2.24, 2.45) is 0 Å². The first-order valence-electron chi connectivity index (χ1n) is 3.46. The summed E-state index contributed by atoms with van der Waals surface area (Å²) in [6.07, 6.45) is 1.49. The second-order valence-electron chi connectivity index (χ2n) is 2.63. The quantitative estimate of drug-likeness (QED) is 0.452. The Balaban J connectivity index is 2.57. The number of amides is 1. The van der Waals surface area contributed by atoms with Gasteiger partial charge in [0.2, 0.25) is 5.91 Å². The summed E-state index contributed by atoms with van der Waals surface area (Å²) < 4.78 is 0. The Morgan fingerprint density at radius 1 is 1.40 bits per heavy atom. The maximum Gasteiger partial charge on any atom is 0.229 e. The van der Waals surface area contributed by atoms with Gasteiger partial charge in [-0.2, -0.15) is 0 Å². The van der Waals surface area contributed by atoms with E-state index >= 15 is 0 Å². The fraction of sp³-hybridized carbons (Fsp3) is 0.714. The summed E-state index contributed by atoms with van der Waals surface area (Å²) in [6, 6.07) is 0. The molecule has 1 amide bonds. The Labute approximate surface area is 60.0 Å². The summed E-state index contributed by atoms with van der Waals surface area (Å²) in [4.78, 5) is 23.3. The standard InChI is InChI=1S/C7H11NO2/c1-8-4-2-3-6(9)5-7(8)10/h2-5H2,1H3. The third-order valence-electron chi connectivity index (χ3n) is 1.72. The Morgan fingerprint density at radius 3 is 2.80 bits per heavy atom. The van der Waals surface area contributed by atoms with Gasteiger partial charge in [0.15, 0.2) is 0 Å². The van der Waals surface area contributed by atoms with E-state index in [4.69, 9.17) is 0 Å². The average Bonchev–Trinajstić information content (AvgIpc) is 1.96. The van der Waals surface area contributed by atoms with Crippen LogP contribution in [0.2, 0.25) is 0 Å². The molecule has 1 aliphatic rings. The van der Waals surface area contributed by atoms with E-state index < -0.39 is 0 Å². The lowest BCUT2D eigenvalue weighted by atomic mass is 10.2. The van der Waals surface area contributed by atoms with Crippen LogP contribution >= 0.6 is 0 Å². The molecule has 0 N–H and O–H groups in total. The molecule has 0 atom stereocenters. The van der Waals surface area contributed by atoms with Gasteiger partial charge in [0.25, 0.3) is 0 Å². The molecule has 1 aliphatic heterocycles. The highest BCUT2D eigenvalue weighted by molar-refractivity contribution is 5.98. The van der Waals surface area contributed by atoms with Crippen LogP contribution < -0.4 is 0 Å². The molecule has 0 aromatic carbocycles. The van der Waals surface area contributed by atoms with E-state index in [0.717, 1.165) is 13.0 Å². The molecule has 1 heterocycles. The molecule has 0 bridgehead atoms. The Morgan fingerprint density at radius 2 is 2.10 bits per heavy atom. The van der Waals surface area contributed by atoms with Crippen LogP contribution in [0.1, 0.15) is 19.3 Å². The van der Waals surface area contributed by atoms with Crippen molar-refractivity contribution in [3.8, 4) is 0 Å². The number of ketones is 1. The predicted octanol–water partition coefficient (Wildman–Crippen LogP) is 0.198. The number of rotatable bonds is 0. The zero-order valence-electron chi connectivity index (χ0n) is 6.09. The van der Waals surface area contributed by atoms with Gasteiger partial charge >= 0.3 is 0 Å². The molecule has 0 saturated carbocycles. The van der Waals surface area contributed by atoms with E-state index in [1.54, 1.807) is 11.9 Å². The van der Waals surface area contributed by atoms with Gasteiger partial charge in [0, 0.05) is 20.0 Å². The van der Waals surface area contributed by atoms with E-state index in [1.807, 2.05) is 0 Å². The fourth-order valence-electron chi connectivity index (χ4n) is 1.03. The summed E-state index contributed by atoms with van der Waals surface area (Å²) in [7, 11) is 1.74. The normalized spacial score (nSPS) is 21.1. The van der Waals surface area contributed by atoms with Crippen LogP contribution in [0, 0.1) is 0 Å². The minimum Gasteiger partial charge on any atom is -0.345 e. The van der Waals surface area contributed by atoms with Gasteiger partial charge in [0.1, 0.15) is 5.78 Å². The molecule has 10 heavy (non-hydrogen) atoms. The van der Waals surface area contributed by atoms with Crippen molar-refractivity contribution in [1.82, 2.24) is 4.90 Å². The number of nitrogens with zero attached hydrogens (tertiary/aromatic N) is 1.